The molecular weight excluding hydrogens is 303 g/mol. The second kappa shape index (κ2) is 5.24. The van der Waals surface area contributed by atoms with Crippen molar-refractivity contribution in [3.8, 4) is 6.07 Å². The number of aliphatic imine (C=N–C) groups is 1. The van der Waals surface area contributed by atoms with Gasteiger partial charge in [-0.1, -0.05) is 42.5 Å². The summed E-state index contributed by atoms with van der Waals surface area (Å²) in [7, 11) is 0. The second-order valence-electron chi connectivity index (χ2n) is 6.00. The molecule has 116 valence electrons. The molecule has 0 aromatic heterocycles. The molecule has 0 amide bonds. The molecule has 1 aliphatic carbocycles. The number of Topliss-reactive ketones (excluding diaryl/α,β-unsaturated/α-hetero) is 1. The van der Waals surface area contributed by atoms with Gasteiger partial charge in [0, 0.05) is 28.3 Å². The predicted molar refractivity (Wildman–Crippen MR) is 89.0 cm³/mol. The minimum absolute atomic E-state index is 0.162. The van der Waals surface area contributed by atoms with E-state index in [4.69, 9.17) is 0 Å². The first kappa shape index (κ1) is 14.5. The molecule has 2 aromatic carbocycles. The highest BCUT2D eigenvalue weighted by Crippen LogP contribution is 2.47. The SMILES string of the molecule is CC1=NC2=C(C(=O)c3ccccc32)[C@@H](c2ccccc2F)C1C#N. The molecule has 0 bridgehead atoms. The first-order chi connectivity index (χ1) is 11.6. The van der Waals surface area contributed by atoms with Crippen LogP contribution in [0, 0.1) is 23.1 Å². The minimum atomic E-state index is -0.654. The van der Waals surface area contributed by atoms with Gasteiger partial charge < -0.3 is 0 Å². The fraction of sp³-hybridized carbons (Fsp3) is 0.150. The van der Waals surface area contributed by atoms with Crippen molar-refractivity contribution in [3.05, 3.63) is 76.6 Å². The number of halogens is 1. The molecule has 24 heavy (non-hydrogen) atoms. The summed E-state index contributed by atoms with van der Waals surface area (Å²) >= 11 is 0. The number of fused-ring (bicyclic) bond motifs is 2. The van der Waals surface area contributed by atoms with Crippen LogP contribution < -0.4 is 0 Å². The van der Waals surface area contributed by atoms with Crippen LogP contribution in [0.15, 0.2) is 59.1 Å². The number of rotatable bonds is 1. The van der Waals surface area contributed by atoms with Crippen LogP contribution in [0.4, 0.5) is 4.39 Å². The summed E-state index contributed by atoms with van der Waals surface area (Å²) in [6, 6.07) is 15.8. The summed E-state index contributed by atoms with van der Waals surface area (Å²) in [6.45, 7) is 1.76. The molecule has 4 rings (SSSR count). The van der Waals surface area contributed by atoms with Gasteiger partial charge in [-0.15, -0.1) is 0 Å². The van der Waals surface area contributed by atoms with Gasteiger partial charge in [0.05, 0.1) is 17.7 Å². The van der Waals surface area contributed by atoms with Gasteiger partial charge in [-0.25, -0.2) is 4.39 Å². The number of hydrogen-bond donors (Lipinski definition) is 0. The Morgan fingerprint density at radius 2 is 1.75 bits per heavy atom. The standard InChI is InChI=1S/C20H13FN2O/c1-11-15(10-22)17(14-8-4-5-9-16(14)21)18-19(23-11)12-6-2-3-7-13(12)20(18)24/h2-9,15,17H,1H3/t15?,17-/m0/s1. The van der Waals surface area contributed by atoms with Gasteiger partial charge in [0.1, 0.15) is 5.82 Å². The number of carbonyl (C=O) groups is 1. The van der Waals surface area contributed by atoms with E-state index in [1.54, 1.807) is 37.3 Å². The van der Waals surface area contributed by atoms with Crippen molar-refractivity contribution in [1.29, 1.82) is 5.26 Å². The monoisotopic (exact) mass is 316 g/mol. The molecule has 1 aliphatic heterocycles. The van der Waals surface area contributed by atoms with Gasteiger partial charge in [0.15, 0.2) is 5.78 Å². The Labute approximate surface area is 138 Å². The van der Waals surface area contributed by atoms with Gasteiger partial charge in [0.2, 0.25) is 0 Å². The van der Waals surface area contributed by atoms with Crippen LogP contribution in [0.2, 0.25) is 0 Å². The Kier molecular flexibility index (Phi) is 3.17. The summed E-state index contributed by atoms with van der Waals surface area (Å²) in [6.07, 6.45) is 0. The Hall–Kier alpha value is -3.06. The minimum Gasteiger partial charge on any atom is -0.289 e. The largest absolute Gasteiger partial charge is 0.289 e. The van der Waals surface area contributed by atoms with Crippen LogP contribution in [-0.2, 0) is 0 Å². The van der Waals surface area contributed by atoms with E-state index in [2.05, 4.69) is 11.1 Å². The highest BCUT2D eigenvalue weighted by atomic mass is 19.1. The summed E-state index contributed by atoms with van der Waals surface area (Å²) in [5, 5.41) is 9.62. The Balaban J connectivity index is 2.00. The normalized spacial score (nSPS) is 21.9. The summed E-state index contributed by atoms with van der Waals surface area (Å²) < 4.78 is 14.4. The van der Waals surface area contributed by atoms with E-state index in [0.29, 0.717) is 28.1 Å². The van der Waals surface area contributed by atoms with Gasteiger partial charge >= 0.3 is 0 Å². The van der Waals surface area contributed by atoms with E-state index in [0.717, 1.165) is 5.56 Å². The maximum Gasteiger partial charge on any atom is 0.192 e. The molecule has 0 radical (unpaired) electrons. The van der Waals surface area contributed by atoms with Gasteiger partial charge in [-0.3, -0.25) is 9.79 Å². The molecule has 0 spiro atoms. The van der Waals surface area contributed by atoms with Crippen LogP contribution in [0.3, 0.4) is 0 Å². The van der Waals surface area contributed by atoms with Gasteiger partial charge in [0.25, 0.3) is 0 Å². The molecule has 2 atom stereocenters. The van der Waals surface area contributed by atoms with E-state index >= 15 is 0 Å². The number of benzene rings is 2. The molecular formula is C20H13FN2O. The van der Waals surface area contributed by atoms with Crippen LogP contribution in [0.1, 0.15) is 34.3 Å². The zero-order valence-corrected chi connectivity index (χ0v) is 13.0. The molecule has 1 heterocycles. The third-order valence-corrected chi connectivity index (χ3v) is 4.69. The third-order valence-electron chi connectivity index (χ3n) is 4.69. The Morgan fingerprint density at radius 1 is 1.08 bits per heavy atom. The lowest BCUT2D eigenvalue weighted by molar-refractivity contribution is 0.103. The predicted octanol–water partition coefficient (Wildman–Crippen LogP) is 4.13. The first-order valence-corrected chi connectivity index (χ1v) is 7.71. The Bertz CT molecular complexity index is 981. The van der Waals surface area contributed by atoms with Crippen molar-refractivity contribution >= 4 is 17.2 Å². The van der Waals surface area contributed by atoms with Crippen LogP contribution in [0.5, 0.6) is 0 Å². The van der Waals surface area contributed by atoms with Gasteiger partial charge in [-0.05, 0) is 18.6 Å². The average molecular weight is 316 g/mol. The summed E-state index contributed by atoms with van der Waals surface area (Å²) in [5.74, 6) is -1.86. The zero-order chi connectivity index (χ0) is 16.8. The van der Waals surface area contributed by atoms with Crippen molar-refractivity contribution < 1.29 is 9.18 Å². The number of hydrogen-bond acceptors (Lipinski definition) is 3. The highest BCUT2D eigenvalue weighted by molar-refractivity contribution is 6.23. The van der Waals surface area contributed by atoms with Crippen molar-refractivity contribution in [2.24, 2.45) is 10.9 Å². The topological polar surface area (TPSA) is 53.2 Å². The summed E-state index contributed by atoms with van der Waals surface area (Å²) in [5.41, 5.74) is 3.31. The van der Waals surface area contributed by atoms with E-state index < -0.39 is 17.7 Å². The zero-order valence-electron chi connectivity index (χ0n) is 13.0. The highest BCUT2D eigenvalue weighted by Gasteiger charge is 2.43. The number of allylic oxidation sites excluding steroid dienone is 1. The lowest BCUT2D eigenvalue weighted by Crippen LogP contribution is -2.27. The first-order valence-electron chi connectivity index (χ1n) is 7.71. The molecule has 1 unspecified atom stereocenters. The molecule has 0 fully saturated rings. The molecule has 0 saturated heterocycles. The number of nitriles is 1. The fourth-order valence-electron chi connectivity index (χ4n) is 3.58. The molecule has 0 saturated carbocycles. The number of nitrogens with zero attached hydrogens (tertiary/aromatic N) is 2. The van der Waals surface area contributed by atoms with E-state index in [1.165, 1.54) is 6.07 Å². The van der Waals surface area contributed by atoms with Crippen molar-refractivity contribution in [2.75, 3.05) is 0 Å². The van der Waals surface area contributed by atoms with Crippen LogP contribution in [0.25, 0.3) is 5.70 Å². The van der Waals surface area contributed by atoms with E-state index in [9.17, 15) is 14.4 Å². The van der Waals surface area contributed by atoms with Crippen molar-refractivity contribution in [2.45, 2.75) is 12.8 Å². The third kappa shape index (κ3) is 1.88. The number of ketones is 1. The molecule has 4 heteroatoms. The van der Waals surface area contributed by atoms with Crippen molar-refractivity contribution in [3.63, 3.8) is 0 Å². The molecule has 2 aliphatic rings. The molecule has 0 N–H and O–H groups in total. The smallest absolute Gasteiger partial charge is 0.192 e. The fourth-order valence-corrected chi connectivity index (χ4v) is 3.58. The number of carbonyl (C=O) groups excluding carboxylic acids is 1. The lowest BCUT2D eigenvalue weighted by Gasteiger charge is -2.27. The molecule has 3 nitrogen and oxygen atoms in total. The van der Waals surface area contributed by atoms with Crippen LogP contribution in [-0.4, -0.2) is 11.5 Å². The van der Waals surface area contributed by atoms with Crippen LogP contribution >= 0.6 is 0 Å². The molecule has 2 aromatic rings. The lowest BCUT2D eigenvalue weighted by atomic mass is 9.76. The Morgan fingerprint density at radius 3 is 2.46 bits per heavy atom. The maximum absolute atomic E-state index is 14.4. The van der Waals surface area contributed by atoms with Crippen molar-refractivity contribution in [1.82, 2.24) is 0 Å². The second-order valence-corrected chi connectivity index (χ2v) is 6.00. The van der Waals surface area contributed by atoms with E-state index in [-0.39, 0.29) is 5.78 Å². The summed E-state index contributed by atoms with van der Waals surface area (Å²) in [4.78, 5) is 17.5. The quantitative estimate of drug-likeness (QED) is 0.794. The van der Waals surface area contributed by atoms with Gasteiger partial charge in [-0.2, -0.15) is 5.26 Å². The average Bonchev–Trinajstić information content (AvgIpc) is 2.87. The van der Waals surface area contributed by atoms with E-state index in [1.807, 2.05) is 12.1 Å². The maximum atomic E-state index is 14.4.